The fourth-order valence-electron chi connectivity index (χ4n) is 2.49. The third-order valence-electron chi connectivity index (χ3n) is 3.80. The van der Waals surface area contributed by atoms with E-state index in [2.05, 4.69) is 10.3 Å². The van der Waals surface area contributed by atoms with Gasteiger partial charge in [0.2, 0.25) is 0 Å². The highest BCUT2D eigenvalue weighted by Crippen LogP contribution is 2.25. The second-order valence-corrected chi connectivity index (χ2v) is 5.64. The van der Waals surface area contributed by atoms with Crippen molar-refractivity contribution in [2.45, 2.75) is 13.5 Å². The highest BCUT2D eigenvalue weighted by Gasteiger charge is 2.17. The molecule has 1 amide bonds. The lowest BCUT2D eigenvalue weighted by Gasteiger charge is -2.11. The first-order valence-corrected chi connectivity index (χ1v) is 7.80. The number of aromatic amines is 1. The zero-order chi connectivity index (χ0) is 18.7. The van der Waals surface area contributed by atoms with Crippen molar-refractivity contribution in [1.29, 1.82) is 0 Å². The van der Waals surface area contributed by atoms with Crippen LogP contribution in [0.15, 0.2) is 56.8 Å². The molecule has 3 aromatic rings. The van der Waals surface area contributed by atoms with Crippen molar-refractivity contribution in [3.8, 4) is 5.75 Å². The second kappa shape index (κ2) is 7.14. The van der Waals surface area contributed by atoms with E-state index in [0.717, 1.165) is 16.3 Å². The largest absolute Gasteiger partial charge is 0.495 e. The molecule has 8 heteroatoms. The normalized spacial score (nSPS) is 10.5. The van der Waals surface area contributed by atoms with Gasteiger partial charge < -0.3 is 19.5 Å². The molecule has 3 rings (SSSR count). The lowest BCUT2D eigenvalue weighted by atomic mass is 10.2. The van der Waals surface area contributed by atoms with Crippen molar-refractivity contribution >= 4 is 11.6 Å². The minimum atomic E-state index is -0.714. The monoisotopic (exact) mass is 355 g/mol. The van der Waals surface area contributed by atoms with Crippen LogP contribution >= 0.6 is 0 Å². The summed E-state index contributed by atoms with van der Waals surface area (Å²) in [5, 5.41) is 2.64. The number of methoxy groups -OCH3 is 1. The van der Waals surface area contributed by atoms with E-state index in [1.54, 1.807) is 24.3 Å². The first-order valence-electron chi connectivity index (χ1n) is 7.80. The van der Waals surface area contributed by atoms with E-state index < -0.39 is 17.2 Å². The molecule has 0 fully saturated rings. The SMILES string of the molecule is COc1ccc(C)cc1NC(=O)c1c[nH]c(=O)n(Cc2ccco2)c1=O. The first-order chi connectivity index (χ1) is 12.5. The molecular weight excluding hydrogens is 338 g/mol. The Kier molecular flexibility index (Phi) is 4.74. The molecule has 2 heterocycles. The Balaban J connectivity index is 1.94. The summed E-state index contributed by atoms with van der Waals surface area (Å²) in [4.78, 5) is 39.5. The number of hydrogen-bond donors (Lipinski definition) is 2. The summed E-state index contributed by atoms with van der Waals surface area (Å²) in [6.45, 7) is 1.79. The Hall–Kier alpha value is -3.55. The van der Waals surface area contributed by atoms with Crippen LogP contribution in [0.5, 0.6) is 5.75 Å². The molecule has 0 atom stereocenters. The number of furan rings is 1. The Morgan fingerprint density at radius 3 is 2.81 bits per heavy atom. The number of benzene rings is 1. The van der Waals surface area contributed by atoms with Crippen LogP contribution in [0.4, 0.5) is 5.69 Å². The number of ether oxygens (including phenoxy) is 1. The quantitative estimate of drug-likeness (QED) is 0.725. The van der Waals surface area contributed by atoms with Crippen LogP contribution < -0.4 is 21.3 Å². The van der Waals surface area contributed by atoms with E-state index in [1.165, 1.54) is 13.4 Å². The lowest BCUT2D eigenvalue weighted by Crippen LogP contribution is -2.39. The van der Waals surface area contributed by atoms with Gasteiger partial charge in [0, 0.05) is 6.20 Å². The van der Waals surface area contributed by atoms with Gasteiger partial charge >= 0.3 is 5.69 Å². The number of hydrogen-bond acceptors (Lipinski definition) is 5. The van der Waals surface area contributed by atoms with Crippen LogP contribution in [0.2, 0.25) is 0 Å². The molecule has 0 radical (unpaired) electrons. The number of rotatable bonds is 5. The van der Waals surface area contributed by atoms with Crippen LogP contribution in [-0.2, 0) is 6.54 Å². The number of nitrogens with zero attached hydrogens (tertiary/aromatic N) is 1. The summed E-state index contributed by atoms with van der Waals surface area (Å²) in [5.41, 5.74) is -0.191. The number of amides is 1. The zero-order valence-corrected chi connectivity index (χ0v) is 14.2. The predicted molar refractivity (Wildman–Crippen MR) is 94.8 cm³/mol. The molecule has 2 aromatic heterocycles. The maximum Gasteiger partial charge on any atom is 0.328 e. The van der Waals surface area contributed by atoms with Crippen molar-refractivity contribution in [2.24, 2.45) is 0 Å². The van der Waals surface area contributed by atoms with Crippen LogP contribution in [0, 0.1) is 6.92 Å². The van der Waals surface area contributed by atoms with Crippen molar-refractivity contribution < 1.29 is 13.9 Å². The smallest absolute Gasteiger partial charge is 0.328 e. The number of carbonyl (C=O) groups is 1. The average molecular weight is 355 g/mol. The molecule has 0 saturated carbocycles. The standard InChI is InChI=1S/C18H17N3O5/c1-11-5-6-15(25-2)14(8-11)20-16(22)13-9-19-18(24)21(17(13)23)10-12-4-3-7-26-12/h3-9H,10H2,1-2H3,(H,19,24)(H,20,22). The van der Waals surface area contributed by atoms with Gasteiger partial charge in [0.25, 0.3) is 11.5 Å². The summed E-state index contributed by atoms with van der Waals surface area (Å²) < 4.78 is 11.3. The molecule has 2 N–H and O–H groups in total. The maximum absolute atomic E-state index is 12.6. The fraction of sp³-hybridized carbons (Fsp3) is 0.167. The summed E-state index contributed by atoms with van der Waals surface area (Å²) in [6.07, 6.45) is 2.54. The summed E-state index contributed by atoms with van der Waals surface area (Å²) >= 11 is 0. The molecule has 0 bridgehead atoms. The highest BCUT2D eigenvalue weighted by atomic mass is 16.5. The van der Waals surface area contributed by atoms with E-state index in [4.69, 9.17) is 9.15 Å². The molecule has 1 aromatic carbocycles. The molecule has 134 valence electrons. The van der Waals surface area contributed by atoms with Gasteiger partial charge in [-0.2, -0.15) is 0 Å². The Morgan fingerprint density at radius 2 is 2.12 bits per heavy atom. The van der Waals surface area contributed by atoms with E-state index >= 15 is 0 Å². The first kappa shape index (κ1) is 17.3. The van der Waals surface area contributed by atoms with E-state index in [-0.39, 0.29) is 12.1 Å². The predicted octanol–water partition coefficient (Wildman–Crippen LogP) is 1.75. The molecule has 0 saturated heterocycles. The van der Waals surface area contributed by atoms with Gasteiger partial charge in [0.05, 0.1) is 25.6 Å². The minimum Gasteiger partial charge on any atom is -0.495 e. The van der Waals surface area contributed by atoms with Gasteiger partial charge in [-0.15, -0.1) is 0 Å². The van der Waals surface area contributed by atoms with Crippen LogP contribution in [-0.4, -0.2) is 22.6 Å². The summed E-state index contributed by atoms with van der Waals surface area (Å²) in [6, 6.07) is 8.56. The Labute approximate surface area is 148 Å². The van der Waals surface area contributed by atoms with Crippen molar-refractivity contribution in [2.75, 3.05) is 12.4 Å². The van der Waals surface area contributed by atoms with E-state index in [9.17, 15) is 14.4 Å². The molecule has 0 spiro atoms. The van der Waals surface area contributed by atoms with Crippen LogP contribution in [0.1, 0.15) is 21.7 Å². The fourth-order valence-corrected chi connectivity index (χ4v) is 2.49. The second-order valence-electron chi connectivity index (χ2n) is 5.64. The van der Waals surface area contributed by atoms with Gasteiger partial charge in [-0.05, 0) is 36.8 Å². The number of aryl methyl sites for hydroxylation is 1. The Morgan fingerprint density at radius 1 is 1.31 bits per heavy atom. The molecule has 0 aliphatic rings. The van der Waals surface area contributed by atoms with E-state index in [1.807, 2.05) is 13.0 Å². The third-order valence-corrected chi connectivity index (χ3v) is 3.80. The van der Waals surface area contributed by atoms with Gasteiger partial charge in [0.15, 0.2) is 0 Å². The Bertz CT molecular complexity index is 1050. The van der Waals surface area contributed by atoms with Gasteiger partial charge in [-0.25, -0.2) is 4.79 Å². The summed E-state index contributed by atoms with van der Waals surface area (Å²) in [5.74, 6) is 0.239. The zero-order valence-electron chi connectivity index (χ0n) is 14.2. The third kappa shape index (κ3) is 3.44. The van der Waals surface area contributed by atoms with Gasteiger partial charge in [-0.3, -0.25) is 14.2 Å². The lowest BCUT2D eigenvalue weighted by molar-refractivity contribution is 0.102. The average Bonchev–Trinajstić information content (AvgIpc) is 3.12. The number of anilines is 1. The van der Waals surface area contributed by atoms with Crippen LogP contribution in [0.25, 0.3) is 0 Å². The number of aromatic nitrogens is 2. The number of H-pyrrole nitrogens is 1. The molecule has 0 aliphatic heterocycles. The molecule has 8 nitrogen and oxygen atoms in total. The van der Waals surface area contributed by atoms with E-state index in [0.29, 0.717) is 17.2 Å². The van der Waals surface area contributed by atoms with Crippen molar-refractivity contribution in [3.63, 3.8) is 0 Å². The topological polar surface area (TPSA) is 106 Å². The number of nitrogens with one attached hydrogen (secondary N) is 2. The molecule has 0 aliphatic carbocycles. The maximum atomic E-state index is 12.6. The van der Waals surface area contributed by atoms with Crippen molar-refractivity contribution in [3.05, 3.63) is 80.5 Å². The van der Waals surface area contributed by atoms with Gasteiger partial charge in [0.1, 0.15) is 17.1 Å². The molecular formula is C18H17N3O5. The molecule has 26 heavy (non-hydrogen) atoms. The minimum absolute atomic E-state index is 0.0734. The van der Waals surface area contributed by atoms with Crippen molar-refractivity contribution in [1.82, 2.24) is 9.55 Å². The number of carbonyl (C=O) groups excluding carboxylic acids is 1. The summed E-state index contributed by atoms with van der Waals surface area (Å²) in [7, 11) is 1.48. The van der Waals surface area contributed by atoms with Gasteiger partial charge in [-0.1, -0.05) is 6.07 Å². The highest BCUT2D eigenvalue weighted by molar-refractivity contribution is 6.04. The van der Waals surface area contributed by atoms with Crippen LogP contribution in [0.3, 0.4) is 0 Å². The molecule has 0 unspecified atom stereocenters.